The number of hydrogen-bond donors (Lipinski definition) is 1. The fourth-order valence-electron chi connectivity index (χ4n) is 1.96. The summed E-state index contributed by atoms with van der Waals surface area (Å²) < 4.78 is 0.983. The minimum Gasteiger partial charge on any atom is -0.372 e. The summed E-state index contributed by atoms with van der Waals surface area (Å²) in [5.74, 6) is 0. The highest BCUT2D eigenvalue weighted by molar-refractivity contribution is 9.10. The van der Waals surface area contributed by atoms with E-state index in [9.17, 15) is 0 Å². The second-order valence-electron chi connectivity index (χ2n) is 4.23. The molecule has 0 saturated heterocycles. The SMILES string of the molecule is Clc1cc(Br)ccc1NC(c1cccs1)c1cccs1. The van der Waals surface area contributed by atoms with Gasteiger partial charge in [-0.05, 0) is 41.1 Å². The van der Waals surface area contributed by atoms with Gasteiger partial charge in [-0.1, -0.05) is 39.7 Å². The van der Waals surface area contributed by atoms with Crippen molar-refractivity contribution in [3.63, 3.8) is 0 Å². The molecule has 0 atom stereocenters. The average molecular weight is 385 g/mol. The van der Waals surface area contributed by atoms with E-state index >= 15 is 0 Å². The first kappa shape index (κ1) is 14.1. The van der Waals surface area contributed by atoms with Crippen molar-refractivity contribution in [2.45, 2.75) is 6.04 Å². The van der Waals surface area contributed by atoms with Gasteiger partial charge in [0.2, 0.25) is 0 Å². The second-order valence-corrected chi connectivity index (χ2v) is 7.51. The van der Waals surface area contributed by atoms with Gasteiger partial charge in [0.25, 0.3) is 0 Å². The van der Waals surface area contributed by atoms with Gasteiger partial charge < -0.3 is 5.32 Å². The van der Waals surface area contributed by atoms with Crippen LogP contribution in [0.15, 0.2) is 57.7 Å². The molecule has 5 heteroatoms. The van der Waals surface area contributed by atoms with Crippen LogP contribution in [0.3, 0.4) is 0 Å². The Bertz CT molecular complexity index is 646. The summed E-state index contributed by atoms with van der Waals surface area (Å²) >= 11 is 13.2. The van der Waals surface area contributed by atoms with Crippen molar-refractivity contribution in [2.75, 3.05) is 5.32 Å². The highest BCUT2D eigenvalue weighted by Gasteiger charge is 2.17. The van der Waals surface area contributed by atoms with Crippen LogP contribution in [-0.2, 0) is 0 Å². The van der Waals surface area contributed by atoms with Crippen LogP contribution in [-0.4, -0.2) is 0 Å². The van der Waals surface area contributed by atoms with E-state index in [1.807, 2.05) is 18.2 Å². The maximum absolute atomic E-state index is 6.31. The molecule has 0 aliphatic carbocycles. The van der Waals surface area contributed by atoms with E-state index in [2.05, 4.69) is 56.3 Å². The van der Waals surface area contributed by atoms with Gasteiger partial charge in [-0.2, -0.15) is 0 Å². The smallest absolute Gasteiger partial charge is 0.0953 e. The first-order valence-electron chi connectivity index (χ1n) is 6.02. The molecule has 1 nitrogen and oxygen atoms in total. The number of rotatable bonds is 4. The summed E-state index contributed by atoms with van der Waals surface area (Å²) in [5.41, 5.74) is 0.946. The molecule has 2 heterocycles. The molecule has 0 aliphatic heterocycles. The molecule has 0 bridgehead atoms. The average Bonchev–Trinajstić information content (AvgIpc) is 3.11. The molecular formula is C15H11BrClNS2. The molecule has 1 aromatic carbocycles. The largest absolute Gasteiger partial charge is 0.372 e. The summed E-state index contributed by atoms with van der Waals surface area (Å²) in [7, 11) is 0. The number of hydrogen-bond acceptors (Lipinski definition) is 3. The van der Waals surface area contributed by atoms with E-state index in [4.69, 9.17) is 11.6 Å². The molecule has 2 aromatic heterocycles. The molecule has 102 valence electrons. The third-order valence-corrected chi connectivity index (χ3v) is 5.57. The lowest BCUT2D eigenvalue weighted by atomic mass is 10.2. The van der Waals surface area contributed by atoms with Crippen molar-refractivity contribution >= 4 is 55.9 Å². The molecule has 0 aliphatic rings. The van der Waals surface area contributed by atoms with Crippen molar-refractivity contribution < 1.29 is 0 Å². The zero-order valence-electron chi connectivity index (χ0n) is 10.3. The minimum atomic E-state index is 0.147. The molecule has 1 N–H and O–H groups in total. The van der Waals surface area contributed by atoms with E-state index in [0.29, 0.717) is 0 Å². The third-order valence-electron chi connectivity index (χ3n) is 2.89. The molecule has 3 aromatic rings. The fraction of sp³-hybridized carbons (Fsp3) is 0.0667. The van der Waals surface area contributed by atoms with Gasteiger partial charge in [-0.25, -0.2) is 0 Å². The van der Waals surface area contributed by atoms with Crippen LogP contribution in [0.5, 0.6) is 0 Å². The first-order valence-corrected chi connectivity index (χ1v) is 8.95. The van der Waals surface area contributed by atoms with Crippen molar-refractivity contribution in [3.8, 4) is 0 Å². The molecule has 0 saturated carbocycles. The number of nitrogens with one attached hydrogen (secondary N) is 1. The zero-order chi connectivity index (χ0) is 13.9. The van der Waals surface area contributed by atoms with Gasteiger partial charge in [0.05, 0.1) is 16.8 Å². The number of halogens is 2. The van der Waals surface area contributed by atoms with Gasteiger partial charge in [0.1, 0.15) is 0 Å². The lowest BCUT2D eigenvalue weighted by Crippen LogP contribution is -2.09. The van der Waals surface area contributed by atoms with E-state index < -0.39 is 0 Å². The maximum atomic E-state index is 6.31. The monoisotopic (exact) mass is 383 g/mol. The Morgan fingerprint density at radius 1 is 1.00 bits per heavy atom. The predicted molar refractivity (Wildman–Crippen MR) is 93.3 cm³/mol. The van der Waals surface area contributed by atoms with Crippen molar-refractivity contribution in [1.29, 1.82) is 0 Å². The Balaban J connectivity index is 1.95. The summed E-state index contributed by atoms with van der Waals surface area (Å²) in [6.07, 6.45) is 0. The van der Waals surface area contributed by atoms with Gasteiger partial charge in [-0.15, -0.1) is 22.7 Å². The van der Waals surface area contributed by atoms with Crippen LogP contribution < -0.4 is 5.32 Å². The van der Waals surface area contributed by atoms with Crippen molar-refractivity contribution in [2.24, 2.45) is 0 Å². The Morgan fingerprint density at radius 3 is 2.15 bits per heavy atom. The molecule has 0 radical (unpaired) electrons. The Morgan fingerprint density at radius 2 is 1.65 bits per heavy atom. The predicted octanol–water partition coefficient (Wildman–Crippen LogP) is 6.43. The van der Waals surface area contributed by atoms with Crippen molar-refractivity contribution in [1.82, 2.24) is 0 Å². The second kappa shape index (κ2) is 6.31. The van der Waals surface area contributed by atoms with E-state index in [1.54, 1.807) is 22.7 Å². The first-order chi connectivity index (χ1) is 9.74. The normalized spacial score (nSPS) is 10.9. The minimum absolute atomic E-state index is 0.147. The molecular weight excluding hydrogens is 374 g/mol. The standard InChI is InChI=1S/C15H11BrClNS2/c16-10-5-6-12(11(17)9-10)18-15(13-3-1-7-19-13)14-4-2-8-20-14/h1-9,15,18H. The van der Waals surface area contributed by atoms with Crippen LogP contribution in [0.4, 0.5) is 5.69 Å². The molecule has 0 fully saturated rings. The molecule has 0 amide bonds. The number of anilines is 1. The van der Waals surface area contributed by atoms with Gasteiger partial charge in [0, 0.05) is 14.2 Å². The maximum Gasteiger partial charge on any atom is 0.0953 e. The zero-order valence-corrected chi connectivity index (χ0v) is 14.3. The Labute approximate surface area is 139 Å². The highest BCUT2D eigenvalue weighted by Crippen LogP contribution is 2.35. The van der Waals surface area contributed by atoms with Gasteiger partial charge in [0.15, 0.2) is 0 Å². The summed E-state index contributed by atoms with van der Waals surface area (Å²) in [6.45, 7) is 0. The van der Waals surface area contributed by atoms with E-state index in [1.165, 1.54) is 9.75 Å². The van der Waals surface area contributed by atoms with Crippen LogP contribution in [0.25, 0.3) is 0 Å². The molecule has 0 spiro atoms. The van der Waals surface area contributed by atoms with Gasteiger partial charge >= 0.3 is 0 Å². The summed E-state index contributed by atoms with van der Waals surface area (Å²) in [4.78, 5) is 2.57. The van der Waals surface area contributed by atoms with Crippen LogP contribution in [0, 0.1) is 0 Å². The number of thiophene rings is 2. The quantitative estimate of drug-likeness (QED) is 0.546. The number of benzene rings is 1. The summed E-state index contributed by atoms with van der Waals surface area (Å²) in [6, 6.07) is 14.5. The topological polar surface area (TPSA) is 12.0 Å². The van der Waals surface area contributed by atoms with Crippen LogP contribution in [0.2, 0.25) is 5.02 Å². The van der Waals surface area contributed by atoms with Crippen LogP contribution >= 0.6 is 50.2 Å². The molecule has 0 unspecified atom stereocenters. The van der Waals surface area contributed by atoms with E-state index in [0.717, 1.165) is 15.2 Å². The van der Waals surface area contributed by atoms with Crippen LogP contribution in [0.1, 0.15) is 15.8 Å². The summed E-state index contributed by atoms with van der Waals surface area (Å²) in [5, 5.41) is 8.46. The highest BCUT2D eigenvalue weighted by atomic mass is 79.9. The molecule has 20 heavy (non-hydrogen) atoms. The molecule has 3 rings (SSSR count). The Kier molecular flexibility index (Phi) is 4.46. The lowest BCUT2D eigenvalue weighted by Gasteiger charge is -2.18. The Hall–Kier alpha value is -0.810. The van der Waals surface area contributed by atoms with Crippen molar-refractivity contribution in [3.05, 3.63) is 72.5 Å². The lowest BCUT2D eigenvalue weighted by molar-refractivity contribution is 0.993. The third kappa shape index (κ3) is 3.09. The van der Waals surface area contributed by atoms with E-state index in [-0.39, 0.29) is 6.04 Å². The fourth-order valence-corrected chi connectivity index (χ4v) is 4.34. The van der Waals surface area contributed by atoms with Gasteiger partial charge in [-0.3, -0.25) is 0 Å².